The molecular formula is C16H20O. The number of Topliss-reactive ketones (excluding diaryl/α,β-unsaturated/α-hetero) is 1. The maximum atomic E-state index is 11.2. The van der Waals surface area contributed by atoms with Gasteiger partial charge in [-0.3, -0.25) is 4.79 Å². The zero-order valence-corrected chi connectivity index (χ0v) is 10.5. The smallest absolute Gasteiger partial charge is 0.159 e. The van der Waals surface area contributed by atoms with Gasteiger partial charge in [-0.2, -0.15) is 0 Å². The molecule has 0 spiro atoms. The number of carbonyl (C=O) groups is 1. The van der Waals surface area contributed by atoms with Crippen LogP contribution >= 0.6 is 0 Å². The number of hydrogen-bond donors (Lipinski definition) is 0. The van der Waals surface area contributed by atoms with E-state index in [-0.39, 0.29) is 5.78 Å². The number of rotatable bonds is 2. The molecule has 0 aliphatic heterocycles. The first kappa shape index (κ1) is 12.1. The Labute approximate surface area is 104 Å². The monoisotopic (exact) mass is 228 g/mol. The minimum Gasteiger partial charge on any atom is -0.295 e. The lowest BCUT2D eigenvalue weighted by atomic mass is 9.90. The van der Waals surface area contributed by atoms with Crippen molar-refractivity contribution in [2.24, 2.45) is 0 Å². The van der Waals surface area contributed by atoms with Crippen LogP contribution in [0, 0.1) is 0 Å². The third-order valence-electron chi connectivity index (χ3n) is 3.50. The molecule has 0 radical (unpaired) electrons. The molecule has 1 aliphatic rings. The molecule has 0 saturated carbocycles. The maximum Gasteiger partial charge on any atom is 0.159 e. The van der Waals surface area contributed by atoms with Crippen LogP contribution in [-0.4, -0.2) is 5.78 Å². The molecule has 0 bridgehead atoms. The molecule has 0 aromatic heterocycles. The van der Waals surface area contributed by atoms with E-state index in [1.54, 1.807) is 6.92 Å². The first-order valence-electron chi connectivity index (χ1n) is 6.55. The van der Waals surface area contributed by atoms with Gasteiger partial charge in [-0.05, 0) is 31.7 Å². The van der Waals surface area contributed by atoms with Gasteiger partial charge in [-0.1, -0.05) is 49.3 Å². The Bertz CT molecular complexity index is 400. The number of allylic oxidation sites excluding steroid dienone is 2. The lowest BCUT2D eigenvalue weighted by Crippen LogP contribution is -1.99. The molecule has 1 unspecified atom stereocenters. The number of hydrogen-bond acceptors (Lipinski definition) is 1. The van der Waals surface area contributed by atoms with Crippen molar-refractivity contribution >= 4 is 5.78 Å². The average molecular weight is 228 g/mol. The highest BCUT2D eigenvalue weighted by Gasteiger charge is 2.10. The van der Waals surface area contributed by atoms with Crippen molar-refractivity contribution in [2.45, 2.75) is 44.9 Å². The SMILES string of the molecule is CC(=O)c1ccc(C2/C=C\CCCCC2)cc1. The van der Waals surface area contributed by atoms with Crippen LogP contribution in [0.25, 0.3) is 0 Å². The summed E-state index contributed by atoms with van der Waals surface area (Å²) in [5, 5.41) is 0. The second kappa shape index (κ2) is 5.81. The predicted molar refractivity (Wildman–Crippen MR) is 71.4 cm³/mol. The van der Waals surface area contributed by atoms with Crippen molar-refractivity contribution in [1.82, 2.24) is 0 Å². The van der Waals surface area contributed by atoms with E-state index in [1.165, 1.54) is 37.7 Å². The van der Waals surface area contributed by atoms with Crippen molar-refractivity contribution in [2.75, 3.05) is 0 Å². The van der Waals surface area contributed by atoms with E-state index in [0.717, 1.165) is 5.56 Å². The van der Waals surface area contributed by atoms with Crippen LogP contribution < -0.4 is 0 Å². The van der Waals surface area contributed by atoms with E-state index in [4.69, 9.17) is 0 Å². The van der Waals surface area contributed by atoms with Gasteiger partial charge in [-0.15, -0.1) is 0 Å². The molecule has 0 saturated heterocycles. The third kappa shape index (κ3) is 3.29. The molecule has 1 heteroatoms. The highest BCUT2D eigenvalue weighted by molar-refractivity contribution is 5.94. The van der Waals surface area contributed by atoms with Crippen LogP contribution in [0.3, 0.4) is 0 Å². The molecule has 17 heavy (non-hydrogen) atoms. The van der Waals surface area contributed by atoms with Crippen molar-refractivity contribution in [3.8, 4) is 0 Å². The fourth-order valence-corrected chi connectivity index (χ4v) is 2.40. The van der Waals surface area contributed by atoms with Gasteiger partial charge in [-0.25, -0.2) is 0 Å². The van der Waals surface area contributed by atoms with Crippen LogP contribution in [-0.2, 0) is 0 Å². The minimum atomic E-state index is 0.143. The fraction of sp³-hybridized carbons (Fsp3) is 0.438. The largest absolute Gasteiger partial charge is 0.295 e. The van der Waals surface area contributed by atoms with Crippen molar-refractivity contribution in [1.29, 1.82) is 0 Å². The number of benzene rings is 1. The normalized spacial score (nSPS) is 22.5. The number of ketones is 1. The van der Waals surface area contributed by atoms with Crippen molar-refractivity contribution in [3.63, 3.8) is 0 Å². The molecule has 1 aliphatic carbocycles. The highest BCUT2D eigenvalue weighted by Crippen LogP contribution is 2.26. The van der Waals surface area contributed by atoms with Crippen LogP contribution in [0.4, 0.5) is 0 Å². The van der Waals surface area contributed by atoms with Gasteiger partial charge in [0.15, 0.2) is 5.78 Å². The highest BCUT2D eigenvalue weighted by atomic mass is 16.1. The Kier molecular flexibility index (Phi) is 4.13. The van der Waals surface area contributed by atoms with E-state index in [9.17, 15) is 4.79 Å². The Hall–Kier alpha value is -1.37. The van der Waals surface area contributed by atoms with E-state index in [1.807, 2.05) is 12.1 Å². The summed E-state index contributed by atoms with van der Waals surface area (Å²) in [5.41, 5.74) is 2.15. The topological polar surface area (TPSA) is 17.1 Å². The summed E-state index contributed by atoms with van der Waals surface area (Å²) in [6, 6.07) is 8.11. The van der Waals surface area contributed by atoms with Crippen LogP contribution in [0.1, 0.15) is 60.9 Å². The standard InChI is InChI=1S/C16H20O/c1-13(17)14-9-11-16(12-10-14)15-7-5-3-2-4-6-8-15/h5,7,9-12,15H,2-4,6,8H2,1H3/b7-5-. The second-order valence-electron chi connectivity index (χ2n) is 4.85. The lowest BCUT2D eigenvalue weighted by molar-refractivity contribution is 0.101. The predicted octanol–water partition coefficient (Wildman–Crippen LogP) is 4.49. The average Bonchev–Trinajstić information content (AvgIpc) is 2.29. The molecule has 1 atom stereocenters. The lowest BCUT2D eigenvalue weighted by Gasteiger charge is -2.15. The zero-order chi connectivity index (χ0) is 12.1. The Morgan fingerprint density at radius 2 is 1.88 bits per heavy atom. The van der Waals surface area contributed by atoms with Gasteiger partial charge < -0.3 is 0 Å². The molecule has 1 aromatic carbocycles. The van der Waals surface area contributed by atoms with Gasteiger partial charge in [0, 0.05) is 11.5 Å². The van der Waals surface area contributed by atoms with E-state index in [0.29, 0.717) is 5.92 Å². The summed E-state index contributed by atoms with van der Waals surface area (Å²) < 4.78 is 0. The van der Waals surface area contributed by atoms with E-state index in [2.05, 4.69) is 24.3 Å². The maximum absolute atomic E-state index is 11.2. The molecule has 1 nitrogen and oxygen atoms in total. The Morgan fingerprint density at radius 3 is 2.59 bits per heavy atom. The fourth-order valence-electron chi connectivity index (χ4n) is 2.40. The molecular weight excluding hydrogens is 208 g/mol. The third-order valence-corrected chi connectivity index (χ3v) is 3.50. The van der Waals surface area contributed by atoms with Crippen LogP contribution in [0.2, 0.25) is 0 Å². The molecule has 0 heterocycles. The summed E-state index contributed by atoms with van der Waals surface area (Å²) in [6.45, 7) is 1.62. The Morgan fingerprint density at radius 1 is 1.12 bits per heavy atom. The molecule has 90 valence electrons. The number of carbonyl (C=O) groups excluding carboxylic acids is 1. The first-order valence-corrected chi connectivity index (χ1v) is 6.55. The molecule has 1 aromatic rings. The van der Waals surface area contributed by atoms with Crippen LogP contribution in [0.5, 0.6) is 0 Å². The second-order valence-corrected chi connectivity index (χ2v) is 4.85. The first-order chi connectivity index (χ1) is 8.27. The molecule has 2 rings (SSSR count). The summed E-state index contributed by atoms with van der Waals surface area (Å²) in [5.74, 6) is 0.682. The van der Waals surface area contributed by atoms with E-state index >= 15 is 0 Å². The molecule has 0 fully saturated rings. The summed E-state index contributed by atoms with van der Waals surface area (Å²) in [7, 11) is 0. The quantitative estimate of drug-likeness (QED) is 0.538. The van der Waals surface area contributed by atoms with Gasteiger partial charge >= 0.3 is 0 Å². The zero-order valence-electron chi connectivity index (χ0n) is 10.5. The van der Waals surface area contributed by atoms with E-state index < -0.39 is 0 Å². The molecule has 0 N–H and O–H groups in total. The summed E-state index contributed by atoms with van der Waals surface area (Å²) in [6.07, 6.45) is 11.1. The molecule has 0 amide bonds. The van der Waals surface area contributed by atoms with Crippen LogP contribution in [0.15, 0.2) is 36.4 Å². The van der Waals surface area contributed by atoms with Gasteiger partial charge in [0.25, 0.3) is 0 Å². The minimum absolute atomic E-state index is 0.143. The van der Waals surface area contributed by atoms with Gasteiger partial charge in [0.1, 0.15) is 0 Å². The summed E-state index contributed by atoms with van der Waals surface area (Å²) >= 11 is 0. The Balaban J connectivity index is 2.14. The van der Waals surface area contributed by atoms with Gasteiger partial charge in [0.05, 0.1) is 0 Å². The van der Waals surface area contributed by atoms with Crippen molar-refractivity contribution in [3.05, 3.63) is 47.5 Å². The van der Waals surface area contributed by atoms with Crippen molar-refractivity contribution < 1.29 is 4.79 Å². The summed E-state index contributed by atoms with van der Waals surface area (Å²) in [4.78, 5) is 11.2. The van der Waals surface area contributed by atoms with Gasteiger partial charge in [0.2, 0.25) is 0 Å².